The van der Waals surface area contributed by atoms with Gasteiger partial charge in [0.15, 0.2) is 0 Å². The smallest absolute Gasteiger partial charge is 0.262 e. The molecule has 0 fully saturated rings. The molecule has 0 saturated heterocycles. The number of hydrogen-bond donors (Lipinski definition) is 1. The number of anilines is 1. The summed E-state index contributed by atoms with van der Waals surface area (Å²) in [6.45, 7) is 0. The zero-order valence-electron chi connectivity index (χ0n) is 11.5. The number of rotatable bonds is 4. The van der Waals surface area contributed by atoms with Crippen LogP contribution in [0.1, 0.15) is 0 Å². The van der Waals surface area contributed by atoms with Crippen LogP contribution in [0.4, 0.5) is 5.69 Å². The minimum Gasteiger partial charge on any atom is -0.277 e. The number of hydrogen-bond acceptors (Lipinski definition) is 4. The van der Waals surface area contributed by atoms with Crippen LogP contribution in [0.2, 0.25) is 10.0 Å². The van der Waals surface area contributed by atoms with Gasteiger partial charge in [0.1, 0.15) is 12.7 Å². The van der Waals surface area contributed by atoms with Crippen LogP contribution in [-0.4, -0.2) is 23.2 Å². The highest BCUT2D eigenvalue weighted by molar-refractivity contribution is 7.92. The molecule has 3 aromatic rings. The number of nitrogens with one attached hydrogen (secondary N) is 1. The lowest BCUT2D eigenvalue weighted by Crippen LogP contribution is -2.14. The standard InChI is InChI=1S/C14H10Cl2N4O2S/c15-11-6-5-10(7-12(11)16)23(21,22)19-13-3-1-2-4-14(13)20-9-17-8-18-20/h1-9,19H. The van der Waals surface area contributed by atoms with Crippen LogP contribution in [0.15, 0.2) is 60.0 Å². The van der Waals surface area contributed by atoms with Crippen molar-refractivity contribution in [3.05, 3.63) is 65.2 Å². The first kappa shape index (κ1) is 15.8. The van der Waals surface area contributed by atoms with Crippen LogP contribution in [0.5, 0.6) is 0 Å². The second-order valence-corrected chi connectivity index (χ2v) is 7.04. The summed E-state index contributed by atoms with van der Waals surface area (Å²) < 4.78 is 29.0. The van der Waals surface area contributed by atoms with E-state index >= 15 is 0 Å². The van der Waals surface area contributed by atoms with E-state index in [-0.39, 0.29) is 14.9 Å². The molecule has 0 amide bonds. The number of aromatic nitrogens is 3. The van der Waals surface area contributed by atoms with Gasteiger partial charge in [-0.1, -0.05) is 35.3 Å². The average molecular weight is 369 g/mol. The summed E-state index contributed by atoms with van der Waals surface area (Å²) in [4.78, 5) is 3.87. The molecule has 2 aromatic carbocycles. The Kier molecular flexibility index (Phi) is 4.25. The molecule has 0 saturated carbocycles. The third-order valence-corrected chi connectivity index (χ3v) is 5.12. The Morgan fingerprint density at radius 1 is 1.04 bits per heavy atom. The number of halogens is 2. The van der Waals surface area contributed by atoms with Crippen LogP contribution in [0.3, 0.4) is 0 Å². The van der Waals surface area contributed by atoms with Crippen LogP contribution in [0.25, 0.3) is 5.69 Å². The quantitative estimate of drug-likeness (QED) is 0.765. The van der Waals surface area contributed by atoms with Crippen molar-refractivity contribution in [1.29, 1.82) is 0 Å². The number of nitrogens with zero attached hydrogens (tertiary/aromatic N) is 3. The third-order valence-electron chi connectivity index (χ3n) is 3.02. The Balaban J connectivity index is 2.00. The molecule has 0 atom stereocenters. The van der Waals surface area contributed by atoms with Gasteiger partial charge in [-0.15, -0.1) is 0 Å². The van der Waals surface area contributed by atoms with Gasteiger partial charge in [-0.25, -0.2) is 18.1 Å². The first-order valence-electron chi connectivity index (χ1n) is 6.39. The van der Waals surface area contributed by atoms with Crippen molar-refractivity contribution in [3.63, 3.8) is 0 Å². The van der Waals surface area contributed by atoms with Gasteiger partial charge in [-0.3, -0.25) is 4.72 Å². The largest absolute Gasteiger partial charge is 0.277 e. The summed E-state index contributed by atoms with van der Waals surface area (Å²) in [5.41, 5.74) is 0.915. The average Bonchev–Trinajstić information content (AvgIpc) is 3.04. The van der Waals surface area contributed by atoms with Gasteiger partial charge in [0.25, 0.3) is 10.0 Å². The lowest BCUT2D eigenvalue weighted by molar-refractivity contribution is 0.601. The van der Waals surface area contributed by atoms with Crippen molar-refractivity contribution in [3.8, 4) is 5.69 Å². The lowest BCUT2D eigenvalue weighted by atomic mass is 10.3. The second-order valence-electron chi connectivity index (χ2n) is 4.54. The third kappa shape index (κ3) is 3.31. The molecular weight excluding hydrogens is 359 g/mol. The molecule has 9 heteroatoms. The van der Waals surface area contributed by atoms with E-state index in [1.807, 2.05) is 0 Å². The van der Waals surface area contributed by atoms with Crippen molar-refractivity contribution in [1.82, 2.24) is 14.8 Å². The minimum atomic E-state index is -3.82. The summed E-state index contributed by atoms with van der Waals surface area (Å²) in [6, 6.07) is 11.0. The number of sulfonamides is 1. The maximum absolute atomic E-state index is 12.5. The summed E-state index contributed by atoms with van der Waals surface area (Å²) >= 11 is 11.7. The fourth-order valence-corrected chi connectivity index (χ4v) is 3.40. The molecule has 1 heterocycles. The SMILES string of the molecule is O=S(=O)(Nc1ccccc1-n1cncn1)c1ccc(Cl)c(Cl)c1. The molecule has 0 bridgehead atoms. The Morgan fingerprint density at radius 2 is 1.83 bits per heavy atom. The van der Waals surface area contributed by atoms with Gasteiger partial charge in [0, 0.05) is 0 Å². The van der Waals surface area contributed by atoms with Crippen LogP contribution in [0, 0.1) is 0 Å². The zero-order chi connectivity index (χ0) is 16.4. The molecule has 0 aliphatic carbocycles. The van der Waals surface area contributed by atoms with E-state index < -0.39 is 10.0 Å². The molecule has 23 heavy (non-hydrogen) atoms. The molecule has 0 aliphatic rings. The van der Waals surface area contributed by atoms with Gasteiger partial charge >= 0.3 is 0 Å². The molecular formula is C14H10Cl2N4O2S. The highest BCUT2D eigenvalue weighted by Crippen LogP contribution is 2.27. The maximum atomic E-state index is 12.5. The Labute approximate surface area is 142 Å². The first-order chi connectivity index (χ1) is 11.0. The molecule has 3 rings (SSSR count). The van der Waals surface area contributed by atoms with E-state index in [1.165, 1.54) is 35.5 Å². The Bertz CT molecular complexity index is 943. The van der Waals surface area contributed by atoms with E-state index in [2.05, 4.69) is 14.8 Å². The van der Waals surface area contributed by atoms with Crippen molar-refractivity contribution in [2.75, 3.05) is 4.72 Å². The Morgan fingerprint density at radius 3 is 2.52 bits per heavy atom. The van der Waals surface area contributed by atoms with Gasteiger partial charge in [0.05, 0.1) is 26.3 Å². The molecule has 1 aromatic heterocycles. The number of benzene rings is 2. The second kappa shape index (κ2) is 6.19. The van der Waals surface area contributed by atoms with Crippen molar-refractivity contribution >= 4 is 38.9 Å². The fourth-order valence-electron chi connectivity index (χ4n) is 1.94. The molecule has 6 nitrogen and oxygen atoms in total. The topological polar surface area (TPSA) is 76.9 Å². The van der Waals surface area contributed by atoms with Gasteiger partial charge in [-0.05, 0) is 30.3 Å². The van der Waals surface area contributed by atoms with E-state index in [0.29, 0.717) is 11.4 Å². The summed E-state index contributed by atoms with van der Waals surface area (Å²) in [5, 5.41) is 4.46. The minimum absolute atomic E-state index is 0.0142. The van der Waals surface area contributed by atoms with E-state index in [4.69, 9.17) is 23.2 Å². The van der Waals surface area contributed by atoms with E-state index in [9.17, 15) is 8.42 Å². The van der Waals surface area contributed by atoms with Crippen molar-refractivity contribution in [2.24, 2.45) is 0 Å². The molecule has 0 unspecified atom stereocenters. The van der Waals surface area contributed by atoms with Gasteiger partial charge in [0.2, 0.25) is 0 Å². The lowest BCUT2D eigenvalue weighted by Gasteiger charge is -2.12. The van der Waals surface area contributed by atoms with Crippen molar-refractivity contribution in [2.45, 2.75) is 4.90 Å². The number of para-hydroxylation sites is 2. The fraction of sp³-hybridized carbons (Fsp3) is 0. The van der Waals surface area contributed by atoms with Crippen LogP contribution < -0.4 is 4.72 Å². The summed E-state index contributed by atoms with van der Waals surface area (Å²) in [6.07, 6.45) is 2.84. The van der Waals surface area contributed by atoms with Gasteiger partial charge in [-0.2, -0.15) is 5.10 Å². The normalized spacial score (nSPS) is 11.4. The molecule has 1 N–H and O–H groups in total. The predicted molar refractivity (Wildman–Crippen MR) is 88.6 cm³/mol. The van der Waals surface area contributed by atoms with Gasteiger partial charge < -0.3 is 0 Å². The molecule has 0 aliphatic heterocycles. The Hall–Kier alpha value is -2.09. The zero-order valence-corrected chi connectivity index (χ0v) is 13.8. The summed E-state index contributed by atoms with van der Waals surface area (Å²) in [7, 11) is -3.82. The van der Waals surface area contributed by atoms with Crippen molar-refractivity contribution < 1.29 is 8.42 Å². The molecule has 118 valence electrons. The van der Waals surface area contributed by atoms with E-state index in [0.717, 1.165) is 0 Å². The highest BCUT2D eigenvalue weighted by Gasteiger charge is 2.18. The first-order valence-corrected chi connectivity index (χ1v) is 8.63. The summed E-state index contributed by atoms with van der Waals surface area (Å²) in [5.74, 6) is 0. The highest BCUT2D eigenvalue weighted by atomic mass is 35.5. The van der Waals surface area contributed by atoms with Crippen LogP contribution in [-0.2, 0) is 10.0 Å². The molecule has 0 radical (unpaired) electrons. The predicted octanol–water partition coefficient (Wildman–Crippen LogP) is 3.37. The van der Waals surface area contributed by atoms with E-state index in [1.54, 1.807) is 24.3 Å². The van der Waals surface area contributed by atoms with Crippen LogP contribution >= 0.6 is 23.2 Å². The molecule has 0 spiro atoms. The maximum Gasteiger partial charge on any atom is 0.262 e. The monoisotopic (exact) mass is 368 g/mol.